The summed E-state index contributed by atoms with van der Waals surface area (Å²) >= 11 is 0. The summed E-state index contributed by atoms with van der Waals surface area (Å²) in [4.78, 5) is 16.8. The van der Waals surface area contributed by atoms with Gasteiger partial charge in [-0.2, -0.15) is 0 Å². The third-order valence-corrected chi connectivity index (χ3v) is 12.0. The van der Waals surface area contributed by atoms with Gasteiger partial charge in [0.1, 0.15) is 0 Å². The Morgan fingerprint density at radius 3 is 1.41 bits per heavy atom. The van der Waals surface area contributed by atoms with Gasteiger partial charge < -0.3 is 4.57 Å². The van der Waals surface area contributed by atoms with E-state index in [2.05, 4.69) is 211 Å². The highest BCUT2D eigenvalue weighted by Gasteiger charge is 2.23. The van der Waals surface area contributed by atoms with Crippen molar-refractivity contribution in [3.8, 4) is 61.7 Å². The highest BCUT2D eigenvalue weighted by Crippen LogP contribution is 2.45. The molecule has 0 bridgehead atoms. The third kappa shape index (κ3) is 5.72. The van der Waals surface area contributed by atoms with Gasteiger partial charge in [-0.3, -0.25) is 0 Å². The normalized spacial score (nSPS) is 11.6. The first-order chi connectivity index (χ1) is 30.3. The molecule has 0 unspecified atom stereocenters. The minimum atomic E-state index is 0.816. The smallest absolute Gasteiger partial charge is 0.0995 e. The lowest BCUT2D eigenvalue weighted by molar-refractivity contribution is 1.18. The molecule has 0 saturated heterocycles. The van der Waals surface area contributed by atoms with E-state index in [0.29, 0.717) is 0 Å². The maximum atomic E-state index is 5.66. The molecule has 9 aromatic carbocycles. The maximum absolute atomic E-state index is 5.66. The van der Waals surface area contributed by atoms with Crippen LogP contribution in [0, 0.1) is 0 Å². The van der Waals surface area contributed by atoms with Crippen molar-refractivity contribution in [2.24, 2.45) is 0 Å². The van der Waals surface area contributed by atoms with Gasteiger partial charge in [-0.15, -0.1) is 0 Å². The quantitative estimate of drug-likeness (QED) is 0.158. The van der Waals surface area contributed by atoms with E-state index in [1.165, 1.54) is 21.8 Å². The Labute approximate surface area is 352 Å². The van der Waals surface area contributed by atoms with Crippen molar-refractivity contribution >= 4 is 54.5 Å². The summed E-state index contributed by atoms with van der Waals surface area (Å²) < 4.78 is 2.36. The monoisotopic (exact) mass is 776 g/mol. The molecule has 3 heterocycles. The SMILES string of the molecule is c1ccc(-c2nc3cc(-c4ccccc4)c4c5ccccc5nc(-c5ccccc5-c5ccc(-n6c7ccccc7c7ccccc76)cc5)c4c3nc2-c2ccccc2)cc1. The summed E-state index contributed by atoms with van der Waals surface area (Å²) in [6, 6.07) is 77.1. The predicted molar refractivity (Wildman–Crippen MR) is 254 cm³/mol. The van der Waals surface area contributed by atoms with Gasteiger partial charge >= 0.3 is 0 Å². The molecule has 4 heteroatoms. The molecule has 0 aliphatic rings. The summed E-state index contributed by atoms with van der Waals surface area (Å²) in [5, 5.41) is 5.66. The molecule has 0 aliphatic heterocycles. The van der Waals surface area contributed by atoms with Gasteiger partial charge in [0, 0.05) is 49.3 Å². The number of hydrogen-bond donors (Lipinski definition) is 0. The van der Waals surface area contributed by atoms with Crippen LogP contribution in [0.3, 0.4) is 0 Å². The minimum Gasteiger partial charge on any atom is -0.309 e. The molecule has 284 valence electrons. The summed E-state index contributed by atoms with van der Waals surface area (Å²) in [6.45, 7) is 0. The lowest BCUT2D eigenvalue weighted by Crippen LogP contribution is -2.00. The van der Waals surface area contributed by atoms with Crippen molar-refractivity contribution in [1.82, 2.24) is 19.5 Å². The summed E-state index contributed by atoms with van der Waals surface area (Å²) in [7, 11) is 0. The first-order valence-corrected chi connectivity index (χ1v) is 20.7. The second kappa shape index (κ2) is 14.3. The van der Waals surface area contributed by atoms with E-state index in [9.17, 15) is 0 Å². The fourth-order valence-electron chi connectivity index (χ4n) is 9.23. The van der Waals surface area contributed by atoms with E-state index in [4.69, 9.17) is 15.0 Å². The van der Waals surface area contributed by atoms with Gasteiger partial charge in [0.15, 0.2) is 0 Å². The Balaban J connectivity index is 1.15. The Morgan fingerprint density at radius 1 is 0.295 bits per heavy atom. The molecule has 0 aliphatic carbocycles. The number of pyridine rings is 1. The van der Waals surface area contributed by atoms with Gasteiger partial charge in [0.2, 0.25) is 0 Å². The van der Waals surface area contributed by atoms with E-state index >= 15 is 0 Å². The van der Waals surface area contributed by atoms with Crippen molar-refractivity contribution in [3.63, 3.8) is 0 Å². The summed E-state index contributed by atoms with van der Waals surface area (Å²) in [6.07, 6.45) is 0. The fraction of sp³-hybridized carbons (Fsp3) is 0. The van der Waals surface area contributed by atoms with E-state index in [1.807, 2.05) is 12.1 Å². The van der Waals surface area contributed by atoms with Crippen molar-refractivity contribution < 1.29 is 0 Å². The first-order valence-electron chi connectivity index (χ1n) is 20.7. The molecule has 0 spiro atoms. The number of fused-ring (bicyclic) bond motifs is 8. The maximum Gasteiger partial charge on any atom is 0.0995 e. The molecule has 12 rings (SSSR count). The zero-order valence-electron chi connectivity index (χ0n) is 33.1. The standard InChI is InChI=1S/C57H36N4/c1-4-18-37(19-5-1)47-36-49-57(60-55(40-22-8-3-9-23-40)54(59-49)39-20-6-2-7-21-39)53-52(47)46-28-12-15-29-48(46)58-56(53)45-27-11-10-24-42(45)38-32-34-41(35-33-38)61-50-30-16-13-25-43(50)44-26-14-17-31-51(44)61/h1-36H. The number of para-hydroxylation sites is 3. The van der Waals surface area contributed by atoms with E-state index in [1.54, 1.807) is 0 Å². The van der Waals surface area contributed by atoms with E-state index in [0.717, 1.165) is 94.4 Å². The highest BCUT2D eigenvalue weighted by atomic mass is 15.0. The molecule has 0 atom stereocenters. The van der Waals surface area contributed by atoms with Gasteiger partial charge in [0.25, 0.3) is 0 Å². The molecule has 4 nitrogen and oxygen atoms in total. The van der Waals surface area contributed by atoms with Crippen LogP contribution in [-0.4, -0.2) is 19.5 Å². The minimum absolute atomic E-state index is 0.816. The number of rotatable bonds is 6. The number of benzene rings is 9. The Bertz CT molecular complexity index is 3560. The van der Waals surface area contributed by atoms with Crippen LogP contribution in [-0.2, 0) is 0 Å². The van der Waals surface area contributed by atoms with Gasteiger partial charge in [-0.1, -0.05) is 182 Å². The van der Waals surface area contributed by atoms with Crippen molar-refractivity contribution in [2.75, 3.05) is 0 Å². The van der Waals surface area contributed by atoms with Crippen LogP contribution in [0.15, 0.2) is 218 Å². The Hall–Kier alpha value is -8.21. The molecular weight excluding hydrogens is 741 g/mol. The molecule has 61 heavy (non-hydrogen) atoms. The third-order valence-electron chi connectivity index (χ3n) is 12.0. The Morgan fingerprint density at radius 2 is 0.770 bits per heavy atom. The van der Waals surface area contributed by atoms with Crippen molar-refractivity contribution in [2.45, 2.75) is 0 Å². The highest BCUT2D eigenvalue weighted by molar-refractivity contribution is 6.25. The molecule has 0 fully saturated rings. The molecule has 0 radical (unpaired) electrons. The average molecular weight is 777 g/mol. The molecule has 12 aromatic rings. The first kappa shape index (κ1) is 34.8. The number of hydrogen-bond acceptors (Lipinski definition) is 3. The van der Waals surface area contributed by atoms with Crippen LogP contribution in [0.1, 0.15) is 0 Å². The largest absolute Gasteiger partial charge is 0.309 e. The molecule has 3 aromatic heterocycles. The predicted octanol–water partition coefficient (Wildman–Crippen LogP) is 14.8. The average Bonchev–Trinajstić information content (AvgIpc) is 3.68. The second-order valence-electron chi connectivity index (χ2n) is 15.5. The van der Waals surface area contributed by atoms with Crippen LogP contribution >= 0.6 is 0 Å². The van der Waals surface area contributed by atoms with Crippen LogP contribution in [0.5, 0.6) is 0 Å². The zero-order chi connectivity index (χ0) is 40.3. The van der Waals surface area contributed by atoms with E-state index < -0.39 is 0 Å². The lowest BCUT2D eigenvalue weighted by Gasteiger charge is -2.19. The molecular formula is C57H36N4. The topological polar surface area (TPSA) is 43.6 Å². The van der Waals surface area contributed by atoms with Crippen molar-refractivity contribution in [3.05, 3.63) is 218 Å². The molecule has 0 amide bonds. The van der Waals surface area contributed by atoms with Crippen molar-refractivity contribution in [1.29, 1.82) is 0 Å². The number of aromatic nitrogens is 4. The van der Waals surface area contributed by atoms with Gasteiger partial charge in [0.05, 0.1) is 44.7 Å². The molecule has 0 N–H and O–H groups in total. The van der Waals surface area contributed by atoms with Crippen LogP contribution in [0.25, 0.3) is 116 Å². The number of nitrogens with zero attached hydrogens (tertiary/aromatic N) is 4. The lowest BCUT2D eigenvalue weighted by atomic mass is 9.89. The molecule has 0 saturated carbocycles. The fourth-order valence-corrected chi connectivity index (χ4v) is 9.23. The Kier molecular flexibility index (Phi) is 8.13. The van der Waals surface area contributed by atoms with Crippen LogP contribution < -0.4 is 0 Å². The van der Waals surface area contributed by atoms with Crippen LogP contribution in [0.4, 0.5) is 0 Å². The van der Waals surface area contributed by atoms with Gasteiger partial charge in [-0.05, 0) is 58.7 Å². The summed E-state index contributed by atoms with van der Waals surface area (Å²) in [5.41, 5.74) is 16.1. The second-order valence-corrected chi connectivity index (χ2v) is 15.5. The van der Waals surface area contributed by atoms with Crippen LogP contribution in [0.2, 0.25) is 0 Å². The zero-order valence-corrected chi connectivity index (χ0v) is 33.1. The van der Waals surface area contributed by atoms with Gasteiger partial charge in [-0.25, -0.2) is 15.0 Å². The van der Waals surface area contributed by atoms with E-state index in [-0.39, 0.29) is 0 Å². The summed E-state index contributed by atoms with van der Waals surface area (Å²) in [5.74, 6) is 0.